The quantitative estimate of drug-likeness (QED) is 0.0281. The molecule has 0 aromatic carbocycles. The van der Waals surface area contributed by atoms with E-state index in [1.807, 2.05) is 0 Å². The lowest BCUT2D eigenvalue weighted by Crippen LogP contribution is -2.26. The summed E-state index contributed by atoms with van der Waals surface area (Å²) in [5.41, 5.74) is 0. The normalized spacial score (nSPS) is 14.2. The molecule has 4 atom stereocenters. The fourth-order valence-corrected chi connectivity index (χ4v) is 7.11. The molecule has 0 amide bonds. The van der Waals surface area contributed by atoms with Crippen molar-refractivity contribution in [2.75, 3.05) is 26.4 Å². The average Bonchev–Trinajstić information content (AvgIpc) is 3.14. The fourth-order valence-electron chi connectivity index (χ4n) is 7.11. The molecule has 0 aliphatic rings. The first-order valence-corrected chi connectivity index (χ1v) is 22.5. The van der Waals surface area contributed by atoms with E-state index >= 15 is 0 Å². The maximum atomic E-state index is 10.0. The lowest BCUT2D eigenvalue weighted by atomic mass is 10.0. The largest absolute Gasteiger partial charge is 0.394 e. The molecular weight excluding hydrogens is 640 g/mol. The van der Waals surface area contributed by atoms with E-state index in [0.717, 1.165) is 32.1 Å². The number of hydrogen-bond acceptors (Lipinski definition) is 7. The van der Waals surface area contributed by atoms with Crippen molar-refractivity contribution in [3.63, 3.8) is 0 Å². The molecule has 51 heavy (non-hydrogen) atoms. The average molecular weight is 731 g/mol. The van der Waals surface area contributed by atoms with Gasteiger partial charge in [0.2, 0.25) is 0 Å². The van der Waals surface area contributed by atoms with Crippen molar-refractivity contribution in [1.82, 2.24) is 0 Å². The van der Waals surface area contributed by atoms with Gasteiger partial charge in [0.15, 0.2) is 0 Å². The Morgan fingerprint density at radius 1 is 0.373 bits per heavy atom. The molecule has 0 heterocycles. The minimum absolute atomic E-state index is 0.120. The standard InChI is InChI=1S/C44H90O7/c1-3-5-7-9-11-13-15-17-19-21-23-25-27-29-31-33-43(37-41(47)39-45)49-35-36-50-51-44(38-42(48)40-46)34-32-30-28-26-24-22-20-18-16-14-12-10-8-6-4-2/h41-48H,3-40H2,1-2H3. The van der Waals surface area contributed by atoms with E-state index in [2.05, 4.69) is 13.8 Å². The zero-order valence-electron chi connectivity index (χ0n) is 34.2. The fraction of sp³-hybridized carbons (Fsp3) is 1.00. The molecular formula is C44H90O7. The minimum atomic E-state index is -0.814. The summed E-state index contributed by atoms with van der Waals surface area (Å²) >= 11 is 0. The van der Waals surface area contributed by atoms with Gasteiger partial charge in [0.25, 0.3) is 0 Å². The van der Waals surface area contributed by atoms with E-state index in [1.165, 1.54) is 173 Å². The number of aliphatic hydroxyl groups is 4. The van der Waals surface area contributed by atoms with Crippen LogP contribution in [0.4, 0.5) is 0 Å². The van der Waals surface area contributed by atoms with Gasteiger partial charge in [-0.05, 0) is 12.8 Å². The van der Waals surface area contributed by atoms with Crippen molar-refractivity contribution >= 4 is 0 Å². The molecule has 308 valence electrons. The van der Waals surface area contributed by atoms with Gasteiger partial charge in [0.05, 0.1) is 44.2 Å². The van der Waals surface area contributed by atoms with Crippen molar-refractivity contribution in [1.29, 1.82) is 0 Å². The van der Waals surface area contributed by atoms with Crippen LogP contribution >= 0.6 is 0 Å². The van der Waals surface area contributed by atoms with Crippen LogP contribution in [0.25, 0.3) is 0 Å². The SMILES string of the molecule is CCCCCCCCCCCCCCCCCC(CC(O)CO)OCCOOC(CCCCCCCCCCCCCCCCC)CC(O)CO. The second kappa shape index (κ2) is 42.5. The van der Waals surface area contributed by atoms with Gasteiger partial charge < -0.3 is 25.2 Å². The highest BCUT2D eigenvalue weighted by Crippen LogP contribution is 2.19. The Labute approximate surface area is 317 Å². The Morgan fingerprint density at radius 3 is 1.00 bits per heavy atom. The number of hydrogen-bond donors (Lipinski definition) is 4. The van der Waals surface area contributed by atoms with Crippen LogP contribution in [0.5, 0.6) is 0 Å². The molecule has 0 bridgehead atoms. The minimum Gasteiger partial charge on any atom is -0.394 e. The van der Waals surface area contributed by atoms with Gasteiger partial charge in [-0.15, -0.1) is 0 Å². The van der Waals surface area contributed by atoms with E-state index in [9.17, 15) is 20.4 Å². The number of unbranched alkanes of at least 4 members (excludes halogenated alkanes) is 28. The summed E-state index contributed by atoms with van der Waals surface area (Å²) in [7, 11) is 0. The van der Waals surface area contributed by atoms with E-state index in [4.69, 9.17) is 14.5 Å². The monoisotopic (exact) mass is 731 g/mol. The first-order chi connectivity index (χ1) is 25.1. The summed E-state index contributed by atoms with van der Waals surface area (Å²) in [5, 5.41) is 38.8. The third-order valence-corrected chi connectivity index (χ3v) is 10.5. The van der Waals surface area contributed by atoms with Gasteiger partial charge in [-0.25, -0.2) is 9.78 Å². The molecule has 0 aromatic rings. The molecule has 0 aliphatic carbocycles. The van der Waals surface area contributed by atoms with Crippen LogP contribution in [0.15, 0.2) is 0 Å². The summed E-state index contributed by atoms with van der Waals surface area (Å²) in [6.45, 7) is 4.61. The molecule has 0 radical (unpaired) electrons. The molecule has 4 unspecified atom stereocenters. The van der Waals surface area contributed by atoms with Crippen LogP contribution in [-0.4, -0.2) is 71.3 Å². The Balaban J connectivity index is 3.99. The third-order valence-electron chi connectivity index (χ3n) is 10.5. The third kappa shape index (κ3) is 39.2. The van der Waals surface area contributed by atoms with Crippen molar-refractivity contribution < 1.29 is 34.9 Å². The van der Waals surface area contributed by atoms with Crippen LogP contribution in [0, 0.1) is 0 Å². The Hall–Kier alpha value is -0.280. The molecule has 7 nitrogen and oxygen atoms in total. The van der Waals surface area contributed by atoms with Crippen molar-refractivity contribution in [3.8, 4) is 0 Å². The first kappa shape index (κ1) is 50.7. The maximum absolute atomic E-state index is 10.0. The predicted molar refractivity (Wildman–Crippen MR) is 215 cm³/mol. The highest BCUT2D eigenvalue weighted by Gasteiger charge is 2.17. The Bertz CT molecular complexity index is 585. The Morgan fingerprint density at radius 2 is 0.667 bits per heavy atom. The smallest absolute Gasteiger partial charge is 0.106 e. The highest BCUT2D eigenvalue weighted by molar-refractivity contribution is 4.66. The van der Waals surface area contributed by atoms with Crippen molar-refractivity contribution in [2.24, 2.45) is 0 Å². The summed E-state index contributed by atoms with van der Waals surface area (Å²) in [5.74, 6) is 0. The zero-order valence-corrected chi connectivity index (χ0v) is 34.2. The van der Waals surface area contributed by atoms with Crippen molar-refractivity contribution in [3.05, 3.63) is 0 Å². The molecule has 4 N–H and O–H groups in total. The van der Waals surface area contributed by atoms with Crippen molar-refractivity contribution in [2.45, 2.75) is 257 Å². The molecule has 0 aromatic heterocycles. The second-order valence-corrected chi connectivity index (χ2v) is 15.7. The second-order valence-electron chi connectivity index (χ2n) is 15.7. The first-order valence-electron chi connectivity index (χ1n) is 22.5. The van der Waals surface area contributed by atoms with Crippen LogP contribution in [0.2, 0.25) is 0 Å². The van der Waals surface area contributed by atoms with E-state index in [-0.39, 0.29) is 32.0 Å². The van der Waals surface area contributed by atoms with E-state index in [0.29, 0.717) is 19.4 Å². The number of aliphatic hydroxyl groups excluding tert-OH is 4. The highest BCUT2D eigenvalue weighted by atomic mass is 17.2. The molecule has 0 aliphatic heterocycles. The van der Waals surface area contributed by atoms with Crippen LogP contribution in [-0.2, 0) is 14.5 Å². The lowest BCUT2D eigenvalue weighted by molar-refractivity contribution is -0.333. The van der Waals surface area contributed by atoms with Crippen LogP contribution in [0.3, 0.4) is 0 Å². The summed E-state index contributed by atoms with van der Waals surface area (Å²) in [6.07, 6.45) is 40.2. The Kier molecular flexibility index (Phi) is 42.2. The van der Waals surface area contributed by atoms with Gasteiger partial charge in [0.1, 0.15) is 6.61 Å². The molecule has 7 heteroatoms. The molecule has 0 rings (SSSR count). The van der Waals surface area contributed by atoms with Gasteiger partial charge in [0, 0.05) is 12.8 Å². The molecule has 0 saturated heterocycles. The van der Waals surface area contributed by atoms with E-state index < -0.39 is 12.2 Å². The van der Waals surface area contributed by atoms with Gasteiger partial charge in [-0.2, -0.15) is 0 Å². The predicted octanol–water partition coefficient (Wildman–Crippen LogP) is 11.7. The van der Waals surface area contributed by atoms with Gasteiger partial charge >= 0.3 is 0 Å². The van der Waals surface area contributed by atoms with Gasteiger partial charge in [-0.3, -0.25) is 0 Å². The maximum Gasteiger partial charge on any atom is 0.106 e. The van der Waals surface area contributed by atoms with Crippen LogP contribution < -0.4 is 0 Å². The zero-order chi connectivity index (χ0) is 37.3. The number of rotatable bonds is 44. The molecule has 0 fully saturated rings. The molecule has 0 spiro atoms. The molecule has 0 saturated carbocycles. The number of ether oxygens (including phenoxy) is 1. The topological polar surface area (TPSA) is 109 Å². The lowest BCUT2D eigenvalue weighted by Gasteiger charge is -2.21. The summed E-state index contributed by atoms with van der Waals surface area (Å²) in [4.78, 5) is 11.2. The van der Waals surface area contributed by atoms with E-state index in [1.54, 1.807) is 0 Å². The summed E-state index contributed by atoms with van der Waals surface area (Å²) in [6, 6.07) is 0. The summed E-state index contributed by atoms with van der Waals surface area (Å²) < 4.78 is 6.04. The van der Waals surface area contributed by atoms with Crippen LogP contribution in [0.1, 0.15) is 232 Å². The van der Waals surface area contributed by atoms with Gasteiger partial charge in [-0.1, -0.05) is 206 Å².